The fourth-order valence-corrected chi connectivity index (χ4v) is 3.78. The van der Waals surface area contributed by atoms with Crippen molar-refractivity contribution in [2.24, 2.45) is 5.73 Å². The summed E-state index contributed by atoms with van der Waals surface area (Å²) >= 11 is 0. The molecule has 144 valence electrons. The van der Waals surface area contributed by atoms with Gasteiger partial charge in [-0.05, 0) is 36.2 Å². The van der Waals surface area contributed by atoms with Gasteiger partial charge in [-0.25, -0.2) is 9.97 Å². The second-order valence-electron chi connectivity index (χ2n) is 7.42. The van der Waals surface area contributed by atoms with E-state index in [1.807, 2.05) is 36.4 Å². The van der Waals surface area contributed by atoms with Crippen LogP contribution in [0.3, 0.4) is 0 Å². The summed E-state index contributed by atoms with van der Waals surface area (Å²) in [5.74, 6) is -0.0677. The van der Waals surface area contributed by atoms with E-state index in [2.05, 4.69) is 33.2 Å². The Kier molecular flexibility index (Phi) is 4.33. The molecule has 1 aliphatic heterocycles. The average molecular weight is 383 g/mol. The molecule has 1 saturated heterocycles. The number of rotatable bonds is 3. The predicted octanol–water partition coefficient (Wildman–Crippen LogP) is 3.47. The number of carbonyl (C=O) groups is 1. The lowest BCUT2D eigenvalue weighted by Gasteiger charge is -2.15. The average Bonchev–Trinajstić information content (AvgIpc) is 3.39. The zero-order valence-corrected chi connectivity index (χ0v) is 15.9. The number of hydrogen-bond acceptors (Lipinski definition) is 4. The van der Waals surface area contributed by atoms with Crippen molar-refractivity contribution >= 4 is 16.9 Å². The van der Waals surface area contributed by atoms with Gasteiger partial charge in [0.25, 0.3) is 5.91 Å². The number of fused-ring (bicyclic) bond motifs is 1. The predicted molar refractivity (Wildman–Crippen MR) is 113 cm³/mol. The number of pyridine rings is 2. The molecule has 0 bridgehead atoms. The molecular weight excluding hydrogens is 362 g/mol. The Hall–Kier alpha value is -3.51. The number of amides is 1. The Morgan fingerprint density at radius 1 is 1.07 bits per heavy atom. The summed E-state index contributed by atoms with van der Waals surface area (Å²) in [4.78, 5) is 27.0. The number of nitrogens with one attached hydrogen (secondary N) is 1. The zero-order chi connectivity index (χ0) is 19.8. The third-order valence-corrected chi connectivity index (χ3v) is 5.33. The van der Waals surface area contributed by atoms with Gasteiger partial charge < -0.3 is 15.6 Å². The molecule has 0 spiro atoms. The molecule has 0 radical (unpaired) electrons. The maximum atomic E-state index is 12.7. The van der Waals surface area contributed by atoms with Crippen LogP contribution in [0, 0.1) is 0 Å². The summed E-state index contributed by atoms with van der Waals surface area (Å²) < 4.78 is 0. The minimum absolute atomic E-state index is 0.0566. The summed E-state index contributed by atoms with van der Waals surface area (Å²) in [5.41, 5.74) is 10.9. The molecule has 5 rings (SSSR count). The van der Waals surface area contributed by atoms with E-state index >= 15 is 0 Å². The number of aromatic amines is 1. The molecule has 1 amide bonds. The number of nitrogens with zero attached hydrogens (tertiary/aromatic N) is 3. The van der Waals surface area contributed by atoms with Crippen LogP contribution in [0.1, 0.15) is 16.9 Å². The normalized spacial score (nSPS) is 16.4. The van der Waals surface area contributed by atoms with Crippen LogP contribution in [0.5, 0.6) is 0 Å². The number of nitrogens with two attached hydrogens (primary N) is 1. The molecule has 6 nitrogen and oxygen atoms in total. The number of benzene rings is 1. The van der Waals surface area contributed by atoms with Gasteiger partial charge in [0, 0.05) is 42.0 Å². The Bertz CT molecular complexity index is 1180. The molecule has 29 heavy (non-hydrogen) atoms. The highest BCUT2D eigenvalue weighted by molar-refractivity contribution is 5.93. The molecule has 6 heteroatoms. The second kappa shape index (κ2) is 7.14. The molecule has 1 fully saturated rings. The van der Waals surface area contributed by atoms with Crippen LogP contribution in [0.25, 0.3) is 33.5 Å². The van der Waals surface area contributed by atoms with Crippen LogP contribution in [-0.2, 0) is 0 Å². The molecular formula is C23H21N5O. The van der Waals surface area contributed by atoms with Crippen LogP contribution >= 0.6 is 0 Å². The number of likely N-dealkylation sites (tertiary alicyclic amines) is 1. The molecule has 0 unspecified atom stereocenters. The number of carbonyl (C=O) groups excluding carboxylic acids is 1. The van der Waals surface area contributed by atoms with Crippen LogP contribution in [0.4, 0.5) is 0 Å². The maximum Gasteiger partial charge on any atom is 0.272 e. The summed E-state index contributed by atoms with van der Waals surface area (Å²) in [5, 5.41) is 1.00. The SMILES string of the molecule is N[C@H]1CCN(C(=O)c2cccc(-c3cnc4[nH]c(-c5ccccc5)cc4c3)n2)C1. The minimum Gasteiger partial charge on any atom is -0.339 e. The van der Waals surface area contributed by atoms with Crippen molar-refractivity contribution in [1.29, 1.82) is 0 Å². The van der Waals surface area contributed by atoms with Gasteiger partial charge in [0.2, 0.25) is 0 Å². The number of hydrogen-bond donors (Lipinski definition) is 2. The van der Waals surface area contributed by atoms with Gasteiger partial charge in [0.1, 0.15) is 11.3 Å². The molecule has 4 aromatic rings. The third-order valence-electron chi connectivity index (χ3n) is 5.33. The standard InChI is InChI=1S/C23H21N5O/c24-18-9-10-28(14-18)23(29)20-8-4-7-19(26-20)17-11-16-12-21(27-22(16)25-13-17)15-5-2-1-3-6-15/h1-8,11-13,18H,9-10,14,24H2,(H,25,27)/t18-/m0/s1. The van der Waals surface area contributed by atoms with E-state index in [4.69, 9.17) is 5.73 Å². The van der Waals surface area contributed by atoms with Gasteiger partial charge >= 0.3 is 0 Å². The first-order valence-electron chi connectivity index (χ1n) is 9.74. The Balaban J connectivity index is 1.47. The van der Waals surface area contributed by atoms with E-state index in [1.165, 1.54) is 0 Å². The molecule has 4 heterocycles. The van der Waals surface area contributed by atoms with Crippen LogP contribution in [0.2, 0.25) is 0 Å². The van der Waals surface area contributed by atoms with Crippen LogP contribution in [-0.4, -0.2) is 44.9 Å². The van der Waals surface area contributed by atoms with Crippen molar-refractivity contribution in [3.8, 4) is 22.5 Å². The first-order chi connectivity index (χ1) is 14.2. The fraction of sp³-hybridized carbons (Fsp3) is 0.174. The molecule has 0 saturated carbocycles. The van der Waals surface area contributed by atoms with E-state index in [9.17, 15) is 4.79 Å². The second-order valence-corrected chi connectivity index (χ2v) is 7.42. The molecule has 1 aliphatic rings. The van der Waals surface area contributed by atoms with E-state index in [-0.39, 0.29) is 11.9 Å². The van der Waals surface area contributed by atoms with E-state index in [0.29, 0.717) is 18.8 Å². The van der Waals surface area contributed by atoms with Gasteiger partial charge in [-0.1, -0.05) is 36.4 Å². The summed E-state index contributed by atoms with van der Waals surface area (Å²) in [7, 11) is 0. The quantitative estimate of drug-likeness (QED) is 0.567. The number of aromatic nitrogens is 3. The third kappa shape index (κ3) is 3.39. The smallest absolute Gasteiger partial charge is 0.272 e. The van der Waals surface area contributed by atoms with Crippen molar-refractivity contribution in [3.63, 3.8) is 0 Å². The lowest BCUT2D eigenvalue weighted by atomic mass is 10.1. The largest absolute Gasteiger partial charge is 0.339 e. The fourth-order valence-electron chi connectivity index (χ4n) is 3.78. The Morgan fingerprint density at radius 3 is 2.72 bits per heavy atom. The van der Waals surface area contributed by atoms with Gasteiger partial charge in [-0.2, -0.15) is 0 Å². The molecule has 0 aliphatic carbocycles. The Labute approximate surface area is 168 Å². The summed E-state index contributed by atoms with van der Waals surface area (Å²) in [6.07, 6.45) is 2.62. The highest BCUT2D eigenvalue weighted by atomic mass is 16.2. The summed E-state index contributed by atoms with van der Waals surface area (Å²) in [6.45, 7) is 1.27. The van der Waals surface area contributed by atoms with Crippen molar-refractivity contribution < 1.29 is 4.79 Å². The van der Waals surface area contributed by atoms with Gasteiger partial charge in [-0.15, -0.1) is 0 Å². The van der Waals surface area contributed by atoms with Crippen molar-refractivity contribution in [2.75, 3.05) is 13.1 Å². The first-order valence-corrected chi connectivity index (χ1v) is 9.74. The maximum absolute atomic E-state index is 12.7. The lowest BCUT2D eigenvalue weighted by Crippen LogP contribution is -2.32. The molecule has 1 atom stereocenters. The van der Waals surface area contributed by atoms with E-state index < -0.39 is 0 Å². The Morgan fingerprint density at radius 2 is 1.93 bits per heavy atom. The van der Waals surface area contributed by atoms with Gasteiger partial charge in [0.15, 0.2) is 0 Å². The van der Waals surface area contributed by atoms with Crippen molar-refractivity contribution in [2.45, 2.75) is 12.5 Å². The number of H-pyrrole nitrogens is 1. The molecule has 3 N–H and O–H groups in total. The van der Waals surface area contributed by atoms with Crippen LogP contribution in [0.15, 0.2) is 66.9 Å². The van der Waals surface area contributed by atoms with Crippen LogP contribution < -0.4 is 5.73 Å². The zero-order valence-electron chi connectivity index (χ0n) is 15.9. The van der Waals surface area contributed by atoms with E-state index in [1.54, 1.807) is 17.2 Å². The van der Waals surface area contributed by atoms with Gasteiger partial charge in [0.05, 0.1) is 5.69 Å². The first kappa shape index (κ1) is 17.6. The van der Waals surface area contributed by atoms with Gasteiger partial charge in [-0.3, -0.25) is 4.79 Å². The van der Waals surface area contributed by atoms with E-state index in [0.717, 1.165) is 40.0 Å². The van der Waals surface area contributed by atoms with Crippen molar-refractivity contribution in [3.05, 3.63) is 72.6 Å². The highest BCUT2D eigenvalue weighted by Crippen LogP contribution is 2.26. The van der Waals surface area contributed by atoms with Crippen molar-refractivity contribution in [1.82, 2.24) is 19.9 Å². The highest BCUT2D eigenvalue weighted by Gasteiger charge is 2.25. The lowest BCUT2D eigenvalue weighted by molar-refractivity contribution is 0.0785. The summed E-state index contributed by atoms with van der Waals surface area (Å²) in [6, 6.07) is 19.9. The monoisotopic (exact) mass is 383 g/mol. The molecule has 1 aromatic carbocycles. The minimum atomic E-state index is -0.0677. The molecule has 3 aromatic heterocycles. The topological polar surface area (TPSA) is 87.9 Å².